The second-order valence-corrected chi connectivity index (χ2v) is 5.77. The second kappa shape index (κ2) is 5.13. The van der Waals surface area contributed by atoms with E-state index >= 15 is 0 Å². The Kier molecular flexibility index (Phi) is 3.91. The lowest BCUT2D eigenvalue weighted by molar-refractivity contribution is 1.32. The molecule has 18 heavy (non-hydrogen) atoms. The number of benzene rings is 2. The summed E-state index contributed by atoms with van der Waals surface area (Å²) in [7, 11) is 0. The van der Waals surface area contributed by atoms with Gasteiger partial charge >= 0.3 is 0 Å². The molecule has 0 unspecified atom stereocenters. The minimum atomic E-state index is 0.552. The third-order valence-electron chi connectivity index (χ3n) is 2.93. The largest absolute Gasteiger partial charge is 0.0842 e. The highest BCUT2D eigenvalue weighted by atomic mass is 35.5. The maximum absolute atomic E-state index is 6.28. The van der Waals surface area contributed by atoms with Gasteiger partial charge in [0.15, 0.2) is 0 Å². The number of rotatable bonds is 1. The van der Waals surface area contributed by atoms with E-state index in [9.17, 15) is 0 Å². The molecule has 0 aliphatic carbocycles. The third kappa shape index (κ3) is 2.51. The fourth-order valence-electron chi connectivity index (χ4n) is 2.36. The molecule has 2 aromatic rings. The Morgan fingerprint density at radius 1 is 0.667 bits per heavy atom. The van der Waals surface area contributed by atoms with Gasteiger partial charge in [-0.25, -0.2) is 0 Å². The summed E-state index contributed by atoms with van der Waals surface area (Å²) in [6.07, 6.45) is 0. The molecule has 0 spiro atoms. The average molecular weight is 300 g/mol. The molecule has 0 radical (unpaired) electrons. The summed E-state index contributed by atoms with van der Waals surface area (Å²) in [4.78, 5) is 0. The topological polar surface area (TPSA) is 0 Å². The van der Waals surface area contributed by atoms with E-state index in [-0.39, 0.29) is 0 Å². The van der Waals surface area contributed by atoms with Crippen LogP contribution >= 0.6 is 34.8 Å². The minimum absolute atomic E-state index is 0.552. The van der Waals surface area contributed by atoms with Crippen LogP contribution in [0.3, 0.4) is 0 Å². The summed E-state index contributed by atoms with van der Waals surface area (Å²) in [5.74, 6) is 0. The second-order valence-electron chi connectivity index (χ2n) is 4.52. The lowest BCUT2D eigenvalue weighted by Gasteiger charge is -2.15. The number of halogens is 3. The first-order chi connectivity index (χ1) is 8.40. The quantitative estimate of drug-likeness (QED) is 0.584. The summed E-state index contributed by atoms with van der Waals surface area (Å²) in [5, 5.41) is 1.72. The molecule has 0 saturated carbocycles. The van der Waals surface area contributed by atoms with Crippen LogP contribution in [0.15, 0.2) is 24.3 Å². The molecule has 2 aromatic carbocycles. The Hall–Kier alpha value is -0.690. The monoisotopic (exact) mass is 298 g/mol. The van der Waals surface area contributed by atoms with Crippen molar-refractivity contribution in [2.24, 2.45) is 0 Å². The van der Waals surface area contributed by atoms with Gasteiger partial charge in [-0.1, -0.05) is 52.5 Å². The van der Waals surface area contributed by atoms with Gasteiger partial charge in [-0.2, -0.15) is 0 Å². The third-order valence-corrected chi connectivity index (χ3v) is 3.75. The molecule has 0 aliphatic heterocycles. The SMILES string of the molecule is Cc1cc(C)c(-c2c(Cl)cc(Cl)cc2Cl)c(C)c1. The van der Waals surface area contributed by atoms with E-state index in [0.717, 1.165) is 11.1 Å². The summed E-state index contributed by atoms with van der Waals surface area (Å²) < 4.78 is 0. The smallest absolute Gasteiger partial charge is 0.0514 e. The van der Waals surface area contributed by atoms with Crippen molar-refractivity contribution in [1.82, 2.24) is 0 Å². The van der Waals surface area contributed by atoms with Crippen LogP contribution in [0.5, 0.6) is 0 Å². The molecule has 0 fully saturated rings. The van der Waals surface area contributed by atoms with Gasteiger partial charge in [-0.15, -0.1) is 0 Å². The van der Waals surface area contributed by atoms with Crippen molar-refractivity contribution in [1.29, 1.82) is 0 Å². The van der Waals surface area contributed by atoms with E-state index in [2.05, 4.69) is 32.9 Å². The molecule has 94 valence electrons. The zero-order valence-corrected chi connectivity index (χ0v) is 12.7. The number of hydrogen-bond donors (Lipinski definition) is 0. The Morgan fingerprint density at radius 2 is 1.11 bits per heavy atom. The van der Waals surface area contributed by atoms with Gasteiger partial charge < -0.3 is 0 Å². The fraction of sp³-hybridized carbons (Fsp3) is 0.200. The molecular formula is C15H13Cl3. The van der Waals surface area contributed by atoms with Gasteiger partial charge in [0.25, 0.3) is 0 Å². The van der Waals surface area contributed by atoms with Gasteiger partial charge in [-0.05, 0) is 49.6 Å². The maximum atomic E-state index is 6.28. The van der Waals surface area contributed by atoms with Crippen LogP contribution in [0.2, 0.25) is 15.1 Å². The van der Waals surface area contributed by atoms with Crippen molar-refractivity contribution in [3.63, 3.8) is 0 Å². The normalized spacial score (nSPS) is 10.8. The number of aryl methyl sites for hydroxylation is 3. The van der Waals surface area contributed by atoms with E-state index in [0.29, 0.717) is 15.1 Å². The lowest BCUT2D eigenvalue weighted by Crippen LogP contribution is -1.92. The average Bonchev–Trinajstić information content (AvgIpc) is 2.20. The van der Waals surface area contributed by atoms with Crippen molar-refractivity contribution >= 4 is 34.8 Å². The number of hydrogen-bond acceptors (Lipinski definition) is 0. The summed E-state index contributed by atoms with van der Waals surface area (Å²) >= 11 is 18.5. The van der Waals surface area contributed by atoms with Crippen molar-refractivity contribution < 1.29 is 0 Å². The molecule has 0 N–H and O–H groups in total. The highest BCUT2D eigenvalue weighted by molar-refractivity contribution is 6.41. The van der Waals surface area contributed by atoms with Crippen LogP contribution in [0, 0.1) is 20.8 Å². The Morgan fingerprint density at radius 3 is 1.56 bits per heavy atom. The van der Waals surface area contributed by atoms with Crippen LogP contribution in [-0.2, 0) is 0 Å². The van der Waals surface area contributed by atoms with Gasteiger partial charge in [0.05, 0.1) is 10.0 Å². The van der Waals surface area contributed by atoms with Crippen LogP contribution < -0.4 is 0 Å². The molecule has 0 bridgehead atoms. The van der Waals surface area contributed by atoms with Crippen molar-refractivity contribution in [3.8, 4) is 11.1 Å². The molecular weight excluding hydrogens is 287 g/mol. The van der Waals surface area contributed by atoms with Crippen LogP contribution in [0.1, 0.15) is 16.7 Å². The fourth-order valence-corrected chi connectivity index (χ4v) is 3.36. The van der Waals surface area contributed by atoms with E-state index in [1.807, 2.05) is 0 Å². The van der Waals surface area contributed by atoms with Crippen molar-refractivity contribution in [3.05, 3.63) is 56.0 Å². The van der Waals surface area contributed by atoms with Crippen LogP contribution in [0.25, 0.3) is 11.1 Å². The van der Waals surface area contributed by atoms with E-state index < -0.39 is 0 Å². The molecule has 0 aliphatic rings. The highest BCUT2D eigenvalue weighted by Gasteiger charge is 2.14. The first-order valence-electron chi connectivity index (χ1n) is 5.63. The maximum Gasteiger partial charge on any atom is 0.0514 e. The molecule has 0 nitrogen and oxygen atoms in total. The zero-order valence-electron chi connectivity index (χ0n) is 10.4. The van der Waals surface area contributed by atoms with Gasteiger partial charge in [0.1, 0.15) is 0 Å². The Balaban J connectivity index is 2.78. The molecule has 0 heterocycles. The Bertz CT molecular complexity index is 514. The molecule has 0 atom stereocenters. The van der Waals surface area contributed by atoms with E-state index in [4.69, 9.17) is 34.8 Å². The first-order valence-corrected chi connectivity index (χ1v) is 6.76. The summed E-state index contributed by atoms with van der Waals surface area (Å²) in [6, 6.07) is 7.71. The van der Waals surface area contributed by atoms with E-state index in [1.54, 1.807) is 12.1 Å². The zero-order chi connectivity index (χ0) is 13.4. The van der Waals surface area contributed by atoms with Gasteiger partial charge in [0.2, 0.25) is 0 Å². The standard InChI is InChI=1S/C15H13Cl3/c1-8-4-9(2)14(10(3)5-8)15-12(17)6-11(16)7-13(15)18/h4-7H,1-3H3. The van der Waals surface area contributed by atoms with Gasteiger partial charge in [0, 0.05) is 10.6 Å². The summed E-state index contributed by atoms with van der Waals surface area (Å²) in [5.41, 5.74) is 5.51. The lowest BCUT2D eigenvalue weighted by atomic mass is 9.94. The molecule has 2 rings (SSSR count). The minimum Gasteiger partial charge on any atom is -0.0842 e. The van der Waals surface area contributed by atoms with Crippen molar-refractivity contribution in [2.45, 2.75) is 20.8 Å². The molecule has 3 heteroatoms. The highest BCUT2D eigenvalue weighted by Crippen LogP contribution is 2.40. The van der Waals surface area contributed by atoms with Crippen LogP contribution in [-0.4, -0.2) is 0 Å². The molecule has 0 saturated heterocycles. The first kappa shape index (κ1) is 13.7. The predicted octanol–water partition coefficient (Wildman–Crippen LogP) is 6.24. The predicted molar refractivity (Wildman–Crippen MR) is 81.1 cm³/mol. The van der Waals surface area contributed by atoms with Gasteiger partial charge in [-0.3, -0.25) is 0 Å². The Labute approximate surface area is 122 Å². The van der Waals surface area contributed by atoms with Crippen molar-refractivity contribution in [2.75, 3.05) is 0 Å². The summed E-state index contributed by atoms with van der Waals surface area (Å²) in [6.45, 7) is 6.21. The molecule has 0 aromatic heterocycles. The van der Waals surface area contributed by atoms with Crippen LogP contribution in [0.4, 0.5) is 0 Å². The van der Waals surface area contributed by atoms with E-state index in [1.165, 1.54) is 16.7 Å². The molecule has 0 amide bonds.